The van der Waals surface area contributed by atoms with E-state index in [4.69, 9.17) is 0 Å². The second-order valence-corrected chi connectivity index (χ2v) is 4.02. The van der Waals surface area contributed by atoms with Crippen molar-refractivity contribution >= 4 is 11.9 Å². The molecule has 0 aliphatic carbocycles. The maximum Gasteiger partial charge on any atom is 0.165 e. The van der Waals surface area contributed by atoms with E-state index in [9.17, 15) is 4.79 Å². The van der Waals surface area contributed by atoms with Crippen LogP contribution in [0.1, 0.15) is 15.9 Å². The van der Waals surface area contributed by atoms with Crippen molar-refractivity contribution < 1.29 is 4.79 Å². The molecule has 0 aliphatic rings. The summed E-state index contributed by atoms with van der Waals surface area (Å²) in [5, 5.41) is 4.07. The number of carbonyl (C=O) groups is 1. The van der Waals surface area contributed by atoms with E-state index in [1.54, 1.807) is 23.0 Å². The van der Waals surface area contributed by atoms with Crippen LogP contribution in [0.25, 0.3) is 16.8 Å². The number of nitrogens with zero attached hydrogens (tertiary/aromatic N) is 4. The van der Waals surface area contributed by atoms with Crippen molar-refractivity contribution in [3.8, 4) is 11.1 Å². The molecule has 0 atom stereocenters. The third kappa shape index (κ3) is 1.57. The molecule has 0 radical (unpaired) electrons. The van der Waals surface area contributed by atoms with Gasteiger partial charge >= 0.3 is 0 Å². The Bertz CT molecular complexity index is 733. The van der Waals surface area contributed by atoms with Crippen LogP contribution in [-0.4, -0.2) is 25.9 Å². The van der Waals surface area contributed by atoms with Crippen molar-refractivity contribution in [2.24, 2.45) is 0 Å². The number of hydrogen-bond donors (Lipinski definition) is 0. The number of aldehydes is 1. The fourth-order valence-electron chi connectivity index (χ4n) is 1.95. The summed E-state index contributed by atoms with van der Waals surface area (Å²) in [4.78, 5) is 19.3. The Balaban J connectivity index is 2.30. The van der Waals surface area contributed by atoms with Crippen molar-refractivity contribution in [3.05, 3.63) is 48.2 Å². The minimum Gasteiger partial charge on any atom is -0.298 e. The first-order valence-electron chi connectivity index (χ1n) is 5.49. The second-order valence-electron chi connectivity index (χ2n) is 4.02. The average molecular weight is 238 g/mol. The van der Waals surface area contributed by atoms with Gasteiger partial charge in [0.05, 0.1) is 5.56 Å². The fourth-order valence-corrected chi connectivity index (χ4v) is 1.95. The van der Waals surface area contributed by atoms with Crippen LogP contribution < -0.4 is 0 Å². The fraction of sp³-hybridized carbons (Fsp3) is 0.0769. The molecule has 5 heteroatoms. The Morgan fingerprint density at radius 2 is 2.28 bits per heavy atom. The van der Waals surface area contributed by atoms with Crippen molar-refractivity contribution in [1.29, 1.82) is 0 Å². The van der Waals surface area contributed by atoms with Gasteiger partial charge in [0.15, 0.2) is 11.9 Å². The Morgan fingerprint density at radius 3 is 3.06 bits per heavy atom. The van der Waals surface area contributed by atoms with Crippen molar-refractivity contribution in [3.63, 3.8) is 0 Å². The van der Waals surface area contributed by atoms with Gasteiger partial charge in [-0.15, -0.1) is 0 Å². The highest BCUT2D eigenvalue weighted by Gasteiger charge is 2.08. The van der Waals surface area contributed by atoms with E-state index in [1.165, 1.54) is 6.33 Å². The lowest BCUT2D eigenvalue weighted by Gasteiger charge is -2.06. The summed E-state index contributed by atoms with van der Waals surface area (Å²) < 4.78 is 1.60. The molecule has 0 unspecified atom stereocenters. The highest BCUT2D eigenvalue weighted by atomic mass is 16.1. The molecule has 88 valence electrons. The molecule has 3 rings (SSSR count). The summed E-state index contributed by atoms with van der Waals surface area (Å²) in [6.07, 6.45) is 7.59. The first-order valence-corrected chi connectivity index (χ1v) is 5.49. The number of rotatable bonds is 2. The number of pyridine rings is 2. The molecule has 0 saturated carbocycles. The van der Waals surface area contributed by atoms with Crippen LogP contribution in [0.5, 0.6) is 0 Å². The molecule has 0 bridgehead atoms. The van der Waals surface area contributed by atoms with Crippen molar-refractivity contribution in [2.75, 3.05) is 0 Å². The smallest absolute Gasteiger partial charge is 0.165 e. The van der Waals surface area contributed by atoms with Gasteiger partial charge in [-0.25, -0.2) is 9.50 Å². The van der Waals surface area contributed by atoms with E-state index in [-0.39, 0.29) is 0 Å². The van der Waals surface area contributed by atoms with E-state index < -0.39 is 0 Å². The lowest BCUT2D eigenvalue weighted by Crippen LogP contribution is -1.96. The second kappa shape index (κ2) is 4.03. The predicted molar refractivity (Wildman–Crippen MR) is 66.3 cm³/mol. The normalized spacial score (nSPS) is 10.7. The van der Waals surface area contributed by atoms with Crippen molar-refractivity contribution in [1.82, 2.24) is 19.6 Å². The first kappa shape index (κ1) is 10.6. The quantitative estimate of drug-likeness (QED) is 0.640. The number of fused-ring (bicyclic) bond motifs is 1. The predicted octanol–water partition coefficient (Wildman–Crippen LogP) is 1.91. The average Bonchev–Trinajstić information content (AvgIpc) is 2.86. The van der Waals surface area contributed by atoms with Crippen LogP contribution in [0, 0.1) is 6.92 Å². The molecular formula is C13H10N4O. The molecule has 5 nitrogen and oxygen atoms in total. The van der Waals surface area contributed by atoms with Crippen LogP contribution in [0.15, 0.2) is 37.1 Å². The van der Waals surface area contributed by atoms with E-state index >= 15 is 0 Å². The van der Waals surface area contributed by atoms with E-state index in [0.29, 0.717) is 11.2 Å². The van der Waals surface area contributed by atoms with Gasteiger partial charge in [-0.05, 0) is 24.6 Å². The van der Waals surface area contributed by atoms with Gasteiger partial charge in [-0.1, -0.05) is 0 Å². The standard InChI is InChI=1S/C13H10N4O/c1-9-2-3-14-5-12(9)10-4-11(7-18)13-15-8-16-17(13)6-10/h2-8H,1H3. The van der Waals surface area contributed by atoms with Gasteiger partial charge in [-0.2, -0.15) is 5.10 Å². The molecule has 0 aliphatic heterocycles. The molecule has 3 heterocycles. The van der Waals surface area contributed by atoms with Crippen LogP contribution in [0.3, 0.4) is 0 Å². The summed E-state index contributed by atoms with van der Waals surface area (Å²) in [6, 6.07) is 3.74. The Kier molecular flexibility index (Phi) is 2.37. The number of carbonyl (C=O) groups excluding carboxylic acids is 1. The molecule has 0 amide bonds. The number of aromatic nitrogens is 4. The zero-order valence-corrected chi connectivity index (χ0v) is 9.74. The van der Waals surface area contributed by atoms with Gasteiger partial charge in [0.2, 0.25) is 0 Å². The first-order chi connectivity index (χ1) is 8.79. The van der Waals surface area contributed by atoms with E-state index in [2.05, 4.69) is 15.1 Å². The summed E-state index contributed by atoms with van der Waals surface area (Å²) in [5.41, 5.74) is 4.07. The van der Waals surface area contributed by atoms with E-state index in [0.717, 1.165) is 23.0 Å². The lowest BCUT2D eigenvalue weighted by molar-refractivity contribution is 0.112. The van der Waals surface area contributed by atoms with Gasteiger partial charge in [0.1, 0.15) is 6.33 Å². The molecule has 18 heavy (non-hydrogen) atoms. The maximum absolute atomic E-state index is 11.1. The molecule has 3 aromatic heterocycles. The molecular weight excluding hydrogens is 228 g/mol. The van der Waals surface area contributed by atoms with Crippen LogP contribution in [0.4, 0.5) is 0 Å². The summed E-state index contributed by atoms with van der Waals surface area (Å²) in [6.45, 7) is 2.00. The summed E-state index contributed by atoms with van der Waals surface area (Å²) >= 11 is 0. The lowest BCUT2D eigenvalue weighted by atomic mass is 10.0. The topological polar surface area (TPSA) is 60.2 Å². The highest BCUT2D eigenvalue weighted by molar-refractivity contribution is 5.86. The number of aryl methyl sites for hydroxylation is 1. The molecule has 3 aromatic rings. The third-order valence-electron chi connectivity index (χ3n) is 2.88. The molecule has 0 spiro atoms. The zero-order valence-electron chi connectivity index (χ0n) is 9.74. The highest BCUT2D eigenvalue weighted by Crippen LogP contribution is 2.23. The van der Waals surface area contributed by atoms with Gasteiger partial charge < -0.3 is 0 Å². The molecule has 0 N–H and O–H groups in total. The Labute approximate surface area is 103 Å². The summed E-state index contributed by atoms with van der Waals surface area (Å²) in [5.74, 6) is 0. The third-order valence-corrected chi connectivity index (χ3v) is 2.88. The Morgan fingerprint density at radius 1 is 1.39 bits per heavy atom. The maximum atomic E-state index is 11.1. The molecule has 0 saturated heterocycles. The molecule has 0 fully saturated rings. The van der Waals surface area contributed by atoms with Crippen LogP contribution in [-0.2, 0) is 0 Å². The van der Waals surface area contributed by atoms with Gasteiger partial charge in [0.25, 0.3) is 0 Å². The largest absolute Gasteiger partial charge is 0.298 e. The zero-order chi connectivity index (χ0) is 12.5. The SMILES string of the molecule is Cc1ccncc1-c1cc(C=O)c2ncnn2c1. The minimum atomic E-state index is 0.522. The van der Waals surface area contributed by atoms with E-state index in [1.807, 2.05) is 19.2 Å². The van der Waals surface area contributed by atoms with Crippen LogP contribution in [0.2, 0.25) is 0 Å². The summed E-state index contributed by atoms with van der Waals surface area (Å²) in [7, 11) is 0. The minimum absolute atomic E-state index is 0.522. The number of hydrogen-bond acceptors (Lipinski definition) is 4. The molecule has 0 aromatic carbocycles. The van der Waals surface area contributed by atoms with Crippen LogP contribution >= 0.6 is 0 Å². The Hall–Kier alpha value is -2.56. The monoisotopic (exact) mass is 238 g/mol. The van der Waals surface area contributed by atoms with Gasteiger partial charge in [0, 0.05) is 29.7 Å². The van der Waals surface area contributed by atoms with Crippen molar-refractivity contribution in [2.45, 2.75) is 6.92 Å². The van der Waals surface area contributed by atoms with Gasteiger partial charge in [-0.3, -0.25) is 9.78 Å².